The highest BCUT2D eigenvalue weighted by Gasteiger charge is 2.16. The van der Waals surface area contributed by atoms with Gasteiger partial charge in [0.2, 0.25) is 0 Å². The lowest BCUT2D eigenvalue weighted by atomic mass is 10.1. The summed E-state index contributed by atoms with van der Waals surface area (Å²) in [5.74, 6) is 1.17. The average molecular weight is 391 g/mol. The molecule has 0 amide bonds. The van der Waals surface area contributed by atoms with Crippen LogP contribution in [0.2, 0.25) is 0 Å². The number of aromatic nitrogens is 5. The van der Waals surface area contributed by atoms with Crippen LogP contribution in [0.1, 0.15) is 22.6 Å². The van der Waals surface area contributed by atoms with Crippen molar-refractivity contribution in [2.45, 2.75) is 33.7 Å². The molecule has 0 N–H and O–H groups in total. The molecule has 0 saturated heterocycles. The van der Waals surface area contributed by atoms with Crippen LogP contribution in [0.5, 0.6) is 0 Å². The number of benzene rings is 1. The standard InChI is InChI=1S/C21H21N5O3/c1-12-5-7-15(8-6-12)18-22-11-17-19(23-18)25(4)21(28)26(20(17)27)10-9-16-13(2)24-29-14(16)3/h5-8,11H,9-10H2,1-4H3. The zero-order valence-corrected chi connectivity index (χ0v) is 16.8. The van der Waals surface area contributed by atoms with Gasteiger partial charge in [0.1, 0.15) is 11.1 Å². The van der Waals surface area contributed by atoms with Crippen LogP contribution in [-0.4, -0.2) is 24.3 Å². The second-order valence-electron chi connectivity index (χ2n) is 7.15. The summed E-state index contributed by atoms with van der Waals surface area (Å²) < 4.78 is 7.76. The fourth-order valence-electron chi connectivity index (χ4n) is 3.40. The van der Waals surface area contributed by atoms with Crippen molar-refractivity contribution in [1.82, 2.24) is 24.3 Å². The van der Waals surface area contributed by atoms with Gasteiger partial charge < -0.3 is 4.52 Å². The van der Waals surface area contributed by atoms with Gasteiger partial charge in [-0.1, -0.05) is 35.0 Å². The largest absolute Gasteiger partial charge is 0.361 e. The van der Waals surface area contributed by atoms with E-state index >= 15 is 0 Å². The van der Waals surface area contributed by atoms with Gasteiger partial charge in [0.15, 0.2) is 11.5 Å². The lowest BCUT2D eigenvalue weighted by Crippen LogP contribution is -2.40. The van der Waals surface area contributed by atoms with E-state index in [9.17, 15) is 9.59 Å². The van der Waals surface area contributed by atoms with E-state index in [2.05, 4.69) is 15.1 Å². The summed E-state index contributed by atoms with van der Waals surface area (Å²) >= 11 is 0. The second-order valence-corrected chi connectivity index (χ2v) is 7.15. The Kier molecular flexibility index (Phi) is 4.62. The van der Waals surface area contributed by atoms with E-state index < -0.39 is 11.2 Å². The molecule has 0 atom stereocenters. The maximum Gasteiger partial charge on any atom is 0.332 e. The molecule has 4 aromatic rings. The maximum absolute atomic E-state index is 13.0. The third-order valence-electron chi connectivity index (χ3n) is 5.16. The lowest BCUT2D eigenvalue weighted by molar-refractivity contribution is 0.392. The first-order valence-corrected chi connectivity index (χ1v) is 9.32. The van der Waals surface area contributed by atoms with Crippen LogP contribution in [0.3, 0.4) is 0 Å². The Morgan fingerprint density at radius 3 is 2.45 bits per heavy atom. The van der Waals surface area contributed by atoms with Crippen molar-refractivity contribution in [2.75, 3.05) is 0 Å². The third kappa shape index (κ3) is 3.26. The van der Waals surface area contributed by atoms with Crippen LogP contribution in [0.4, 0.5) is 0 Å². The van der Waals surface area contributed by atoms with E-state index in [-0.39, 0.29) is 6.54 Å². The normalized spacial score (nSPS) is 11.3. The first kappa shape index (κ1) is 18.8. The van der Waals surface area contributed by atoms with Gasteiger partial charge in [-0.15, -0.1) is 0 Å². The van der Waals surface area contributed by atoms with Crippen LogP contribution in [0.15, 0.2) is 44.6 Å². The summed E-state index contributed by atoms with van der Waals surface area (Å²) in [6.07, 6.45) is 1.97. The van der Waals surface area contributed by atoms with E-state index in [1.54, 1.807) is 7.05 Å². The van der Waals surface area contributed by atoms with Crippen molar-refractivity contribution < 1.29 is 4.52 Å². The molecular weight excluding hydrogens is 370 g/mol. The van der Waals surface area contributed by atoms with Crippen molar-refractivity contribution in [2.24, 2.45) is 7.05 Å². The summed E-state index contributed by atoms with van der Waals surface area (Å²) in [7, 11) is 1.61. The van der Waals surface area contributed by atoms with Crippen molar-refractivity contribution in [3.63, 3.8) is 0 Å². The van der Waals surface area contributed by atoms with E-state index in [0.29, 0.717) is 29.0 Å². The van der Waals surface area contributed by atoms with Crippen LogP contribution < -0.4 is 11.2 Å². The van der Waals surface area contributed by atoms with E-state index in [4.69, 9.17) is 4.52 Å². The van der Waals surface area contributed by atoms with Gasteiger partial charge in [-0.25, -0.2) is 14.8 Å². The molecule has 8 nitrogen and oxygen atoms in total. The fourth-order valence-corrected chi connectivity index (χ4v) is 3.40. The summed E-state index contributed by atoms with van der Waals surface area (Å²) in [5.41, 5.74) is 3.13. The molecule has 0 radical (unpaired) electrons. The average Bonchev–Trinajstić information content (AvgIpc) is 3.04. The smallest absolute Gasteiger partial charge is 0.332 e. The number of fused-ring (bicyclic) bond motifs is 1. The quantitative estimate of drug-likeness (QED) is 0.530. The Bertz CT molecular complexity index is 1310. The van der Waals surface area contributed by atoms with Crippen LogP contribution in [0.25, 0.3) is 22.4 Å². The molecule has 0 saturated carbocycles. The van der Waals surface area contributed by atoms with Crippen LogP contribution in [0, 0.1) is 20.8 Å². The van der Waals surface area contributed by atoms with Gasteiger partial charge in [-0.2, -0.15) is 0 Å². The van der Waals surface area contributed by atoms with Crippen molar-refractivity contribution in [3.8, 4) is 11.4 Å². The van der Waals surface area contributed by atoms with Crippen molar-refractivity contribution in [1.29, 1.82) is 0 Å². The van der Waals surface area contributed by atoms with E-state index in [1.165, 1.54) is 15.3 Å². The van der Waals surface area contributed by atoms with Gasteiger partial charge in [-0.05, 0) is 27.2 Å². The van der Waals surface area contributed by atoms with Gasteiger partial charge >= 0.3 is 5.69 Å². The fraction of sp³-hybridized carbons (Fsp3) is 0.286. The van der Waals surface area contributed by atoms with Crippen LogP contribution in [-0.2, 0) is 20.0 Å². The molecule has 148 valence electrons. The molecule has 0 bridgehead atoms. The second kappa shape index (κ2) is 7.12. The molecule has 3 aromatic heterocycles. The predicted molar refractivity (Wildman–Crippen MR) is 109 cm³/mol. The number of rotatable bonds is 4. The summed E-state index contributed by atoms with van der Waals surface area (Å²) in [6, 6.07) is 7.77. The summed E-state index contributed by atoms with van der Waals surface area (Å²) in [4.78, 5) is 34.6. The highest BCUT2D eigenvalue weighted by molar-refractivity contribution is 5.75. The zero-order chi connectivity index (χ0) is 20.7. The highest BCUT2D eigenvalue weighted by atomic mass is 16.5. The molecule has 8 heteroatoms. The molecule has 0 aliphatic heterocycles. The number of hydrogen-bond acceptors (Lipinski definition) is 6. The van der Waals surface area contributed by atoms with E-state index in [1.807, 2.05) is 45.0 Å². The Hall–Kier alpha value is -3.55. The molecule has 0 spiro atoms. The third-order valence-corrected chi connectivity index (χ3v) is 5.16. The molecular formula is C21H21N5O3. The van der Waals surface area contributed by atoms with Crippen molar-refractivity contribution >= 4 is 11.0 Å². The topological polar surface area (TPSA) is 95.8 Å². The number of hydrogen-bond donors (Lipinski definition) is 0. The summed E-state index contributed by atoms with van der Waals surface area (Å²) in [5, 5.41) is 4.23. The molecule has 0 aliphatic carbocycles. The SMILES string of the molecule is Cc1ccc(-c2ncc3c(=O)n(CCc4c(C)noc4C)c(=O)n(C)c3n2)cc1. The molecule has 3 heterocycles. The number of nitrogens with zero attached hydrogens (tertiary/aromatic N) is 5. The van der Waals surface area contributed by atoms with E-state index in [0.717, 1.165) is 22.4 Å². The lowest BCUT2D eigenvalue weighted by Gasteiger charge is -2.11. The Balaban J connectivity index is 1.78. The van der Waals surface area contributed by atoms with Gasteiger partial charge in [0.05, 0.1) is 5.69 Å². The minimum atomic E-state index is -0.414. The zero-order valence-electron chi connectivity index (χ0n) is 16.8. The maximum atomic E-state index is 13.0. The number of aryl methyl sites for hydroxylation is 4. The first-order valence-electron chi connectivity index (χ1n) is 9.32. The van der Waals surface area contributed by atoms with Gasteiger partial charge in [-0.3, -0.25) is 13.9 Å². The Morgan fingerprint density at radius 1 is 1.07 bits per heavy atom. The monoisotopic (exact) mass is 391 g/mol. The minimum absolute atomic E-state index is 0.226. The summed E-state index contributed by atoms with van der Waals surface area (Å²) in [6.45, 7) is 5.88. The van der Waals surface area contributed by atoms with Gasteiger partial charge in [0.25, 0.3) is 5.56 Å². The highest BCUT2D eigenvalue weighted by Crippen LogP contribution is 2.17. The predicted octanol–water partition coefficient (Wildman–Crippen LogP) is 2.31. The van der Waals surface area contributed by atoms with Crippen molar-refractivity contribution in [3.05, 3.63) is 73.9 Å². The molecule has 1 aromatic carbocycles. The minimum Gasteiger partial charge on any atom is -0.361 e. The first-order chi connectivity index (χ1) is 13.9. The van der Waals surface area contributed by atoms with Crippen LogP contribution >= 0.6 is 0 Å². The molecule has 29 heavy (non-hydrogen) atoms. The molecule has 0 aliphatic rings. The molecule has 4 rings (SSSR count). The molecule has 0 unspecified atom stereocenters. The molecule has 0 fully saturated rings. The Morgan fingerprint density at radius 2 is 1.79 bits per heavy atom. The Labute approximate surface area is 166 Å². The van der Waals surface area contributed by atoms with Gasteiger partial charge in [0, 0.05) is 30.9 Å².